The van der Waals surface area contributed by atoms with E-state index in [1.165, 1.54) is 15.6 Å². The molecule has 2 aromatic heterocycles. The van der Waals surface area contributed by atoms with Crippen LogP contribution in [0.15, 0.2) is 23.4 Å². The molecule has 0 saturated carbocycles. The van der Waals surface area contributed by atoms with E-state index in [2.05, 4.69) is 14.9 Å². The van der Waals surface area contributed by atoms with Crippen molar-refractivity contribution in [3.63, 3.8) is 0 Å². The summed E-state index contributed by atoms with van der Waals surface area (Å²) in [5.41, 5.74) is 0.455. The van der Waals surface area contributed by atoms with Crippen molar-refractivity contribution in [3.8, 4) is 0 Å². The maximum Gasteiger partial charge on any atom is 0.266 e. The second-order valence-electron chi connectivity index (χ2n) is 3.73. The van der Waals surface area contributed by atoms with E-state index in [1.54, 1.807) is 33.3 Å². The summed E-state index contributed by atoms with van der Waals surface area (Å²) in [5.74, 6) is 0.288. The zero-order chi connectivity index (χ0) is 12.6. The molecule has 0 aromatic carbocycles. The molecule has 0 aliphatic carbocycles. The van der Waals surface area contributed by atoms with Gasteiger partial charge in [0.2, 0.25) is 0 Å². The first-order valence-corrected chi connectivity index (χ1v) is 6.39. The largest absolute Gasteiger partial charge is 0.274 e. The molecule has 0 aliphatic heterocycles. The SMILES string of the molecule is Cc1nn(C)cc1S(=O)(=O)Nc1ccn(C)n1. The molecule has 7 nitrogen and oxygen atoms in total. The zero-order valence-corrected chi connectivity index (χ0v) is 10.6. The fourth-order valence-corrected chi connectivity index (χ4v) is 2.72. The fourth-order valence-electron chi connectivity index (χ4n) is 1.50. The highest BCUT2D eigenvalue weighted by atomic mass is 32.2. The van der Waals surface area contributed by atoms with Gasteiger partial charge in [-0.1, -0.05) is 0 Å². The summed E-state index contributed by atoms with van der Waals surface area (Å²) in [4.78, 5) is 0.158. The molecule has 1 N–H and O–H groups in total. The number of nitrogens with zero attached hydrogens (tertiary/aromatic N) is 4. The van der Waals surface area contributed by atoms with Crippen molar-refractivity contribution in [2.24, 2.45) is 14.1 Å². The second kappa shape index (κ2) is 3.88. The predicted octanol–water partition coefficient (Wildman–Crippen LogP) is 0.263. The average Bonchev–Trinajstić information content (AvgIpc) is 2.72. The third-order valence-corrected chi connectivity index (χ3v) is 3.67. The number of sulfonamides is 1. The lowest BCUT2D eigenvalue weighted by Crippen LogP contribution is -2.14. The van der Waals surface area contributed by atoms with E-state index in [4.69, 9.17) is 0 Å². The Bertz CT molecular complexity index is 640. The topological polar surface area (TPSA) is 81.8 Å². The summed E-state index contributed by atoms with van der Waals surface area (Å²) in [6.45, 7) is 1.65. The minimum Gasteiger partial charge on any atom is -0.274 e. The molecule has 17 heavy (non-hydrogen) atoms. The van der Waals surface area contributed by atoms with Gasteiger partial charge in [-0.25, -0.2) is 8.42 Å². The van der Waals surface area contributed by atoms with Crippen molar-refractivity contribution in [2.75, 3.05) is 4.72 Å². The Kier molecular flexibility index (Phi) is 2.66. The Balaban J connectivity index is 2.34. The molecule has 0 atom stereocenters. The van der Waals surface area contributed by atoms with Gasteiger partial charge in [0, 0.05) is 32.6 Å². The molecule has 0 aliphatic rings. The van der Waals surface area contributed by atoms with Gasteiger partial charge < -0.3 is 0 Å². The highest BCUT2D eigenvalue weighted by molar-refractivity contribution is 7.92. The molecule has 0 amide bonds. The third kappa shape index (κ3) is 2.31. The van der Waals surface area contributed by atoms with Crippen LogP contribution in [-0.2, 0) is 24.1 Å². The first-order chi connectivity index (χ1) is 7.88. The molecule has 0 bridgehead atoms. The highest BCUT2D eigenvalue weighted by Crippen LogP contribution is 2.16. The third-order valence-electron chi connectivity index (χ3n) is 2.21. The average molecular weight is 255 g/mol. The standard InChI is InChI=1S/C9H13N5O2S/c1-7-8(6-14(3)10-7)17(15,16)12-9-4-5-13(2)11-9/h4-6H,1-3H3,(H,11,12). The Morgan fingerprint density at radius 3 is 2.41 bits per heavy atom. The quantitative estimate of drug-likeness (QED) is 0.853. The number of nitrogens with one attached hydrogen (secondary N) is 1. The van der Waals surface area contributed by atoms with Crippen LogP contribution in [0, 0.1) is 6.92 Å². The van der Waals surface area contributed by atoms with Gasteiger partial charge in [-0.3, -0.25) is 14.1 Å². The maximum absolute atomic E-state index is 12.0. The molecule has 0 unspecified atom stereocenters. The first kappa shape index (κ1) is 11.6. The van der Waals surface area contributed by atoms with E-state index in [0.717, 1.165) is 0 Å². The van der Waals surface area contributed by atoms with Crippen molar-refractivity contribution >= 4 is 15.8 Å². The van der Waals surface area contributed by atoms with E-state index in [0.29, 0.717) is 5.69 Å². The van der Waals surface area contributed by atoms with Crippen LogP contribution >= 0.6 is 0 Å². The molecule has 0 radical (unpaired) electrons. The van der Waals surface area contributed by atoms with Crippen molar-refractivity contribution in [1.29, 1.82) is 0 Å². The van der Waals surface area contributed by atoms with Crippen LogP contribution < -0.4 is 4.72 Å². The molecular weight excluding hydrogens is 242 g/mol. The van der Waals surface area contributed by atoms with Crippen LogP contribution in [0.5, 0.6) is 0 Å². The van der Waals surface area contributed by atoms with E-state index in [-0.39, 0.29) is 10.7 Å². The van der Waals surface area contributed by atoms with Gasteiger partial charge in [-0.05, 0) is 6.92 Å². The Hall–Kier alpha value is -1.83. The highest BCUT2D eigenvalue weighted by Gasteiger charge is 2.20. The predicted molar refractivity (Wildman–Crippen MR) is 62.0 cm³/mol. The summed E-state index contributed by atoms with van der Waals surface area (Å²) in [7, 11) is -0.230. The summed E-state index contributed by atoms with van der Waals surface area (Å²) < 4.78 is 29.4. The summed E-state index contributed by atoms with van der Waals surface area (Å²) in [6.07, 6.45) is 3.12. The normalized spacial score (nSPS) is 11.7. The van der Waals surface area contributed by atoms with Gasteiger partial charge in [-0.2, -0.15) is 10.2 Å². The maximum atomic E-state index is 12.0. The van der Waals surface area contributed by atoms with Crippen molar-refractivity contribution < 1.29 is 8.42 Å². The molecular formula is C9H13N5O2S. The zero-order valence-electron chi connectivity index (χ0n) is 9.75. The van der Waals surface area contributed by atoms with E-state index in [1.807, 2.05) is 0 Å². The fraction of sp³-hybridized carbons (Fsp3) is 0.333. The second-order valence-corrected chi connectivity index (χ2v) is 5.38. The first-order valence-electron chi connectivity index (χ1n) is 4.91. The smallest absolute Gasteiger partial charge is 0.266 e. The van der Waals surface area contributed by atoms with Gasteiger partial charge >= 0.3 is 0 Å². The van der Waals surface area contributed by atoms with Gasteiger partial charge in [0.05, 0.1) is 5.69 Å². The van der Waals surface area contributed by atoms with Crippen LogP contribution in [0.25, 0.3) is 0 Å². The van der Waals surface area contributed by atoms with Crippen molar-refractivity contribution in [1.82, 2.24) is 19.6 Å². The number of hydrogen-bond acceptors (Lipinski definition) is 4. The van der Waals surface area contributed by atoms with Crippen LogP contribution in [0.1, 0.15) is 5.69 Å². The summed E-state index contributed by atoms with van der Waals surface area (Å²) >= 11 is 0. The minimum absolute atomic E-state index is 0.158. The molecule has 2 heterocycles. The molecule has 2 aromatic rings. The Labute approximate surface area is 99.1 Å². The van der Waals surface area contributed by atoms with Crippen molar-refractivity contribution in [2.45, 2.75) is 11.8 Å². The molecule has 0 spiro atoms. The Morgan fingerprint density at radius 1 is 1.24 bits per heavy atom. The number of rotatable bonds is 3. The molecule has 2 rings (SSSR count). The summed E-state index contributed by atoms with van der Waals surface area (Å²) in [6, 6.07) is 1.59. The lowest BCUT2D eigenvalue weighted by Gasteiger charge is -2.03. The van der Waals surface area contributed by atoms with Gasteiger partial charge in [-0.15, -0.1) is 0 Å². The van der Waals surface area contributed by atoms with E-state index >= 15 is 0 Å². The molecule has 0 saturated heterocycles. The van der Waals surface area contributed by atoms with Gasteiger partial charge in [0.25, 0.3) is 10.0 Å². The molecule has 0 fully saturated rings. The van der Waals surface area contributed by atoms with Crippen LogP contribution in [0.3, 0.4) is 0 Å². The van der Waals surface area contributed by atoms with Crippen LogP contribution in [0.2, 0.25) is 0 Å². The number of aryl methyl sites for hydroxylation is 3. The van der Waals surface area contributed by atoms with Gasteiger partial charge in [0.15, 0.2) is 5.82 Å². The van der Waals surface area contributed by atoms with E-state index in [9.17, 15) is 8.42 Å². The number of aromatic nitrogens is 4. The number of hydrogen-bond donors (Lipinski definition) is 1. The summed E-state index contributed by atoms with van der Waals surface area (Å²) in [5, 5.41) is 7.95. The lowest BCUT2D eigenvalue weighted by molar-refractivity contribution is 0.600. The molecule has 92 valence electrons. The Morgan fingerprint density at radius 2 is 1.94 bits per heavy atom. The minimum atomic E-state index is -3.62. The molecule has 8 heteroatoms. The van der Waals surface area contributed by atoms with Gasteiger partial charge in [0.1, 0.15) is 4.90 Å². The van der Waals surface area contributed by atoms with Crippen molar-refractivity contribution in [3.05, 3.63) is 24.2 Å². The number of anilines is 1. The monoisotopic (exact) mass is 255 g/mol. The lowest BCUT2D eigenvalue weighted by atomic mass is 10.5. The van der Waals surface area contributed by atoms with Crippen LogP contribution in [-0.4, -0.2) is 28.0 Å². The van der Waals surface area contributed by atoms with E-state index < -0.39 is 10.0 Å². The van der Waals surface area contributed by atoms with Crippen LogP contribution in [0.4, 0.5) is 5.82 Å².